The molecule has 3 amide bonds. The van der Waals surface area contributed by atoms with Gasteiger partial charge in [-0.1, -0.05) is 29.8 Å². The molecule has 0 unspecified atom stereocenters. The van der Waals surface area contributed by atoms with Crippen LogP contribution < -0.4 is 5.32 Å². The van der Waals surface area contributed by atoms with E-state index in [1.54, 1.807) is 29.2 Å². The van der Waals surface area contributed by atoms with Gasteiger partial charge < -0.3 is 10.2 Å². The van der Waals surface area contributed by atoms with Crippen LogP contribution in [0.15, 0.2) is 54.0 Å². The molecule has 0 aliphatic carbocycles. The lowest BCUT2D eigenvalue weighted by Gasteiger charge is -2.31. The third-order valence-corrected chi connectivity index (χ3v) is 5.27. The van der Waals surface area contributed by atoms with Gasteiger partial charge in [0.1, 0.15) is 0 Å². The summed E-state index contributed by atoms with van der Waals surface area (Å²) >= 11 is 0. The largest absolute Gasteiger partial charge is 0.329 e. The zero-order valence-corrected chi connectivity index (χ0v) is 15.7. The van der Waals surface area contributed by atoms with Crippen molar-refractivity contribution >= 4 is 11.9 Å². The number of pyridine rings is 1. The standard InChI is InChI=1S/C21H22N4O2/c1-13-6-7-16(14(2)9-13)19-18-17(24(3)21(27)23-19)12-25(20(18)26)11-15-5-4-8-22-10-15/h4-10,19H,11-12H2,1-3H3,(H,23,27)/t19-/m0/s1. The molecule has 1 aromatic carbocycles. The van der Waals surface area contributed by atoms with E-state index in [0.29, 0.717) is 18.7 Å². The van der Waals surface area contributed by atoms with E-state index < -0.39 is 6.04 Å². The fourth-order valence-electron chi connectivity index (χ4n) is 3.85. The van der Waals surface area contributed by atoms with Crippen molar-refractivity contribution in [1.29, 1.82) is 0 Å². The van der Waals surface area contributed by atoms with Crippen LogP contribution in [0, 0.1) is 13.8 Å². The summed E-state index contributed by atoms with van der Waals surface area (Å²) < 4.78 is 0. The van der Waals surface area contributed by atoms with Crippen molar-refractivity contribution in [3.8, 4) is 0 Å². The van der Waals surface area contributed by atoms with E-state index in [2.05, 4.69) is 16.4 Å². The number of nitrogens with zero attached hydrogens (tertiary/aromatic N) is 3. The first kappa shape index (κ1) is 17.3. The predicted octanol–water partition coefficient (Wildman–Crippen LogP) is 2.69. The quantitative estimate of drug-likeness (QED) is 0.913. The smallest absolute Gasteiger partial charge is 0.322 e. The van der Waals surface area contributed by atoms with Crippen LogP contribution in [0.1, 0.15) is 28.3 Å². The van der Waals surface area contributed by atoms with Crippen LogP contribution in [-0.4, -0.2) is 40.3 Å². The molecule has 2 aliphatic heterocycles. The fraction of sp³-hybridized carbons (Fsp3) is 0.286. The minimum absolute atomic E-state index is 0.0364. The van der Waals surface area contributed by atoms with Crippen molar-refractivity contribution in [2.45, 2.75) is 26.4 Å². The summed E-state index contributed by atoms with van der Waals surface area (Å²) in [7, 11) is 1.71. The van der Waals surface area contributed by atoms with Crippen LogP contribution in [0.2, 0.25) is 0 Å². The average Bonchev–Trinajstić information content (AvgIpc) is 2.96. The summed E-state index contributed by atoms with van der Waals surface area (Å²) in [5.41, 5.74) is 5.59. The Morgan fingerprint density at radius 1 is 1.22 bits per heavy atom. The molecular weight excluding hydrogens is 340 g/mol. The zero-order valence-electron chi connectivity index (χ0n) is 15.7. The van der Waals surface area contributed by atoms with E-state index in [9.17, 15) is 9.59 Å². The second-order valence-electron chi connectivity index (χ2n) is 7.18. The van der Waals surface area contributed by atoms with Crippen LogP contribution >= 0.6 is 0 Å². The number of nitrogens with one attached hydrogen (secondary N) is 1. The lowest BCUT2D eigenvalue weighted by molar-refractivity contribution is -0.126. The molecule has 0 fully saturated rings. The molecule has 0 bridgehead atoms. The molecule has 2 aromatic rings. The lowest BCUT2D eigenvalue weighted by atomic mass is 9.91. The number of rotatable bonds is 3. The second-order valence-corrected chi connectivity index (χ2v) is 7.18. The Morgan fingerprint density at radius 3 is 2.74 bits per heavy atom. The third-order valence-electron chi connectivity index (χ3n) is 5.27. The van der Waals surface area contributed by atoms with Gasteiger partial charge in [-0.2, -0.15) is 0 Å². The Morgan fingerprint density at radius 2 is 2.04 bits per heavy atom. The first-order valence-corrected chi connectivity index (χ1v) is 8.98. The monoisotopic (exact) mass is 362 g/mol. The summed E-state index contributed by atoms with van der Waals surface area (Å²) in [6.07, 6.45) is 3.48. The number of hydrogen-bond donors (Lipinski definition) is 1. The molecule has 1 aromatic heterocycles. The molecule has 0 spiro atoms. The second kappa shape index (κ2) is 6.54. The van der Waals surface area contributed by atoms with E-state index in [1.165, 1.54) is 0 Å². The third kappa shape index (κ3) is 2.97. The van der Waals surface area contributed by atoms with Gasteiger partial charge in [-0.15, -0.1) is 0 Å². The molecule has 1 N–H and O–H groups in total. The SMILES string of the molecule is Cc1ccc([C@@H]2NC(=O)N(C)C3=C2C(=O)N(Cc2cccnc2)C3)c(C)c1. The van der Waals surface area contributed by atoms with E-state index in [0.717, 1.165) is 28.0 Å². The van der Waals surface area contributed by atoms with Crippen LogP contribution in [0.3, 0.4) is 0 Å². The predicted molar refractivity (Wildman–Crippen MR) is 102 cm³/mol. The van der Waals surface area contributed by atoms with Gasteiger partial charge in [0.05, 0.1) is 23.9 Å². The molecule has 0 radical (unpaired) electrons. The van der Waals surface area contributed by atoms with Gasteiger partial charge in [0.25, 0.3) is 5.91 Å². The summed E-state index contributed by atoms with van der Waals surface area (Å²) in [5, 5.41) is 3.00. The number of carbonyl (C=O) groups is 2. The molecule has 4 rings (SSSR count). The van der Waals surface area contributed by atoms with Crippen LogP contribution in [0.4, 0.5) is 4.79 Å². The van der Waals surface area contributed by atoms with Crippen molar-refractivity contribution in [3.63, 3.8) is 0 Å². The van der Waals surface area contributed by atoms with Gasteiger partial charge >= 0.3 is 6.03 Å². The summed E-state index contributed by atoms with van der Waals surface area (Å²) in [5.74, 6) is -0.0364. The number of amides is 3. The summed E-state index contributed by atoms with van der Waals surface area (Å²) in [4.78, 5) is 33.2. The van der Waals surface area contributed by atoms with Crippen LogP contribution in [0.5, 0.6) is 0 Å². The van der Waals surface area contributed by atoms with E-state index in [-0.39, 0.29) is 11.9 Å². The normalized spacial score (nSPS) is 19.4. The van der Waals surface area contributed by atoms with E-state index >= 15 is 0 Å². The van der Waals surface area contributed by atoms with Crippen molar-refractivity contribution in [1.82, 2.24) is 20.1 Å². The number of likely N-dealkylation sites (N-methyl/N-ethyl adjacent to an activating group) is 1. The number of benzene rings is 1. The topological polar surface area (TPSA) is 65.5 Å². The highest BCUT2D eigenvalue weighted by molar-refractivity contribution is 6.01. The van der Waals surface area contributed by atoms with Crippen LogP contribution in [-0.2, 0) is 11.3 Å². The molecule has 3 heterocycles. The highest BCUT2D eigenvalue weighted by Gasteiger charge is 2.43. The first-order chi connectivity index (χ1) is 13.0. The van der Waals surface area contributed by atoms with Crippen molar-refractivity contribution < 1.29 is 9.59 Å². The molecule has 1 atom stereocenters. The van der Waals surface area contributed by atoms with Gasteiger partial charge in [-0.25, -0.2) is 4.79 Å². The molecule has 0 saturated carbocycles. The molecule has 27 heavy (non-hydrogen) atoms. The fourth-order valence-corrected chi connectivity index (χ4v) is 3.85. The number of aryl methyl sites for hydroxylation is 2. The Hall–Kier alpha value is -3.15. The first-order valence-electron chi connectivity index (χ1n) is 8.98. The summed E-state index contributed by atoms with van der Waals surface area (Å²) in [6.45, 7) is 4.95. The van der Waals surface area contributed by atoms with Gasteiger partial charge in [-0.3, -0.25) is 14.7 Å². The van der Waals surface area contributed by atoms with E-state index in [1.807, 2.05) is 38.1 Å². The Balaban J connectivity index is 1.71. The van der Waals surface area contributed by atoms with Crippen molar-refractivity contribution in [2.24, 2.45) is 0 Å². The van der Waals surface area contributed by atoms with Gasteiger partial charge in [-0.05, 0) is 36.6 Å². The average molecular weight is 362 g/mol. The Kier molecular flexibility index (Phi) is 4.18. The van der Waals surface area contributed by atoms with Gasteiger partial charge in [0.15, 0.2) is 0 Å². The molecular formula is C21H22N4O2. The molecule has 6 heteroatoms. The van der Waals surface area contributed by atoms with Gasteiger partial charge in [0, 0.05) is 26.0 Å². The molecule has 2 aliphatic rings. The number of carbonyl (C=O) groups excluding carboxylic acids is 2. The number of hydrogen-bond acceptors (Lipinski definition) is 3. The van der Waals surface area contributed by atoms with Crippen molar-refractivity contribution in [3.05, 3.63) is 76.2 Å². The minimum Gasteiger partial charge on any atom is -0.329 e. The lowest BCUT2D eigenvalue weighted by Crippen LogP contribution is -2.45. The maximum atomic E-state index is 13.2. The molecule has 0 saturated heterocycles. The van der Waals surface area contributed by atoms with E-state index in [4.69, 9.17) is 0 Å². The van der Waals surface area contributed by atoms with Crippen molar-refractivity contribution in [2.75, 3.05) is 13.6 Å². The highest BCUT2D eigenvalue weighted by atomic mass is 16.2. The maximum absolute atomic E-state index is 13.2. The number of urea groups is 1. The highest BCUT2D eigenvalue weighted by Crippen LogP contribution is 2.37. The maximum Gasteiger partial charge on any atom is 0.322 e. The number of aromatic nitrogens is 1. The Labute approximate surface area is 158 Å². The van der Waals surface area contributed by atoms with Gasteiger partial charge in [0.2, 0.25) is 0 Å². The molecule has 138 valence electrons. The van der Waals surface area contributed by atoms with Crippen LogP contribution in [0.25, 0.3) is 0 Å². The zero-order chi connectivity index (χ0) is 19.1. The summed E-state index contributed by atoms with van der Waals surface area (Å²) in [6, 6.07) is 9.30. The minimum atomic E-state index is -0.421. The Bertz CT molecular complexity index is 952. The molecule has 6 nitrogen and oxygen atoms in total.